The van der Waals surface area contributed by atoms with E-state index in [1.165, 1.54) is 10.9 Å². The number of likely N-dealkylation sites (tertiary alicyclic amines) is 1. The maximum Gasteiger partial charge on any atom is 0.435 e. The number of rotatable bonds is 4. The molecule has 1 amide bonds. The Morgan fingerprint density at radius 2 is 2.09 bits per heavy atom. The van der Waals surface area contributed by atoms with E-state index < -0.39 is 11.9 Å². The molecule has 0 saturated carbocycles. The third-order valence-corrected chi connectivity index (χ3v) is 3.89. The Bertz CT molecular complexity index is 508. The molecule has 1 atom stereocenters. The molecule has 0 spiro atoms. The number of alkyl halides is 3. The smallest absolute Gasteiger partial charge is 0.384 e. The molecule has 1 aliphatic rings. The molecule has 0 aromatic carbocycles. The molecule has 0 unspecified atom stereocenters. The van der Waals surface area contributed by atoms with Gasteiger partial charge in [0.15, 0.2) is 5.69 Å². The van der Waals surface area contributed by atoms with E-state index in [0.717, 1.165) is 6.07 Å². The van der Waals surface area contributed by atoms with Crippen LogP contribution in [0.5, 0.6) is 0 Å². The van der Waals surface area contributed by atoms with Crippen molar-refractivity contribution in [3.63, 3.8) is 0 Å². The van der Waals surface area contributed by atoms with Gasteiger partial charge in [0.05, 0.1) is 18.6 Å². The van der Waals surface area contributed by atoms with Crippen LogP contribution >= 0.6 is 0 Å². The van der Waals surface area contributed by atoms with Gasteiger partial charge in [0.2, 0.25) is 5.91 Å². The Balaban J connectivity index is 1.92. The lowest BCUT2D eigenvalue weighted by Gasteiger charge is -2.33. The van der Waals surface area contributed by atoms with Crippen LogP contribution in [0, 0.1) is 5.92 Å². The third-order valence-electron chi connectivity index (χ3n) is 3.89. The fourth-order valence-electron chi connectivity index (χ4n) is 2.68. The minimum absolute atomic E-state index is 0.0248. The van der Waals surface area contributed by atoms with Gasteiger partial charge in [-0.1, -0.05) is 6.92 Å². The fraction of sp³-hybridized carbons (Fsp3) is 0.714. The Morgan fingerprint density at radius 1 is 1.45 bits per heavy atom. The van der Waals surface area contributed by atoms with Crippen molar-refractivity contribution in [2.75, 3.05) is 26.8 Å². The average molecular weight is 319 g/mol. The summed E-state index contributed by atoms with van der Waals surface area (Å²) in [6, 6.07) is 0.885. The molecular formula is C14H20F3N3O2. The molecule has 1 aliphatic heterocycles. The summed E-state index contributed by atoms with van der Waals surface area (Å²) in [4.78, 5) is 13.9. The summed E-state index contributed by atoms with van der Waals surface area (Å²) in [6.45, 7) is 3.23. The summed E-state index contributed by atoms with van der Waals surface area (Å²) >= 11 is 0. The van der Waals surface area contributed by atoms with Gasteiger partial charge < -0.3 is 9.64 Å². The average Bonchev–Trinajstić information content (AvgIpc) is 2.97. The van der Waals surface area contributed by atoms with Crippen molar-refractivity contribution in [1.29, 1.82) is 0 Å². The lowest BCUT2D eigenvalue weighted by molar-refractivity contribution is -0.141. The first kappa shape index (κ1) is 16.8. The van der Waals surface area contributed by atoms with Crippen LogP contribution in [-0.2, 0) is 15.7 Å². The SMILES string of the molecule is COC[C@@H](C)C(=O)N1CCC(n2ccc(C(F)(F)F)n2)CC1. The molecule has 0 aliphatic carbocycles. The van der Waals surface area contributed by atoms with E-state index in [0.29, 0.717) is 32.5 Å². The molecule has 1 aromatic heterocycles. The summed E-state index contributed by atoms with van der Waals surface area (Å²) < 4.78 is 44.0. The molecule has 2 rings (SSSR count). The predicted molar refractivity (Wildman–Crippen MR) is 73.1 cm³/mol. The minimum Gasteiger partial charge on any atom is -0.384 e. The number of halogens is 3. The van der Waals surface area contributed by atoms with Gasteiger partial charge in [-0.25, -0.2) is 0 Å². The number of nitrogens with zero attached hydrogens (tertiary/aromatic N) is 3. The van der Waals surface area contributed by atoms with E-state index in [1.807, 2.05) is 0 Å². The van der Waals surface area contributed by atoms with Crippen molar-refractivity contribution in [2.24, 2.45) is 5.92 Å². The van der Waals surface area contributed by atoms with E-state index in [-0.39, 0.29) is 17.9 Å². The number of carbonyl (C=O) groups is 1. The number of ether oxygens (including phenoxy) is 1. The first-order valence-corrected chi connectivity index (χ1v) is 7.23. The largest absolute Gasteiger partial charge is 0.435 e. The van der Waals surface area contributed by atoms with Crippen molar-refractivity contribution in [2.45, 2.75) is 32.0 Å². The molecule has 124 valence electrons. The second-order valence-corrected chi connectivity index (χ2v) is 5.59. The lowest BCUT2D eigenvalue weighted by atomic mass is 10.0. The van der Waals surface area contributed by atoms with Gasteiger partial charge in [0.25, 0.3) is 0 Å². The second kappa shape index (κ2) is 6.68. The number of methoxy groups -OCH3 is 1. The predicted octanol–water partition coefficient (Wildman–Crippen LogP) is 2.35. The van der Waals surface area contributed by atoms with Crippen LogP contribution in [0.4, 0.5) is 13.2 Å². The Morgan fingerprint density at radius 3 is 2.59 bits per heavy atom. The van der Waals surface area contributed by atoms with Crippen LogP contribution in [0.25, 0.3) is 0 Å². The topological polar surface area (TPSA) is 47.4 Å². The molecule has 0 N–H and O–H groups in total. The monoisotopic (exact) mass is 319 g/mol. The van der Waals surface area contributed by atoms with Gasteiger partial charge in [-0.2, -0.15) is 18.3 Å². The zero-order valence-electron chi connectivity index (χ0n) is 12.6. The highest BCUT2D eigenvalue weighted by Gasteiger charge is 2.34. The van der Waals surface area contributed by atoms with Gasteiger partial charge in [0, 0.05) is 26.4 Å². The van der Waals surface area contributed by atoms with Gasteiger partial charge in [0.1, 0.15) is 0 Å². The Labute approximate surface area is 127 Å². The zero-order valence-corrected chi connectivity index (χ0v) is 12.6. The second-order valence-electron chi connectivity index (χ2n) is 5.59. The maximum atomic E-state index is 12.6. The molecule has 1 fully saturated rings. The van der Waals surface area contributed by atoms with Gasteiger partial charge >= 0.3 is 6.18 Å². The first-order valence-electron chi connectivity index (χ1n) is 7.23. The molecule has 1 aromatic rings. The van der Waals surface area contributed by atoms with E-state index >= 15 is 0 Å². The number of hydrogen-bond acceptors (Lipinski definition) is 3. The number of piperidine rings is 1. The van der Waals surface area contributed by atoms with Crippen LogP contribution in [0.3, 0.4) is 0 Å². The number of carbonyl (C=O) groups excluding carboxylic acids is 1. The van der Waals surface area contributed by atoms with Crippen LogP contribution in [-0.4, -0.2) is 47.4 Å². The molecule has 5 nitrogen and oxygen atoms in total. The Kier molecular flexibility index (Phi) is 5.10. The standard InChI is InChI=1S/C14H20F3N3O2/c1-10(9-22-2)13(21)19-6-3-11(4-7-19)20-8-5-12(18-20)14(15,16)17/h5,8,10-11H,3-4,6-7,9H2,1-2H3/t10-/m1/s1. The summed E-state index contributed by atoms with van der Waals surface area (Å²) in [7, 11) is 1.55. The molecular weight excluding hydrogens is 299 g/mol. The Hall–Kier alpha value is -1.57. The number of hydrogen-bond donors (Lipinski definition) is 0. The van der Waals surface area contributed by atoms with Crippen LogP contribution < -0.4 is 0 Å². The summed E-state index contributed by atoms with van der Waals surface area (Å²) in [5.74, 6) is -0.181. The summed E-state index contributed by atoms with van der Waals surface area (Å²) in [6.07, 6.45) is -1.86. The van der Waals surface area contributed by atoms with E-state index in [9.17, 15) is 18.0 Å². The highest BCUT2D eigenvalue weighted by Crippen LogP contribution is 2.29. The molecule has 8 heteroatoms. The quantitative estimate of drug-likeness (QED) is 0.856. The lowest BCUT2D eigenvalue weighted by Crippen LogP contribution is -2.42. The van der Waals surface area contributed by atoms with E-state index in [1.54, 1.807) is 18.9 Å². The number of amides is 1. The van der Waals surface area contributed by atoms with Crippen molar-refractivity contribution in [3.8, 4) is 0 Å². The maximum absolute atomic E-state index is 12.6. The molecule has 0 radical (unpaired) electrons. The highest BCUT2D eigenvalue weighted by molar-refractivity contribution is 5.78. The van der Waals surface area contributed by atoms with Gasteiger partial charge in [-0.15, -0.1) is 0 Å². The summed E-state index contributed by atoms with van der Waals surface area (Å²) in [5, 5.41) is 3.61. The van der Waals surface area contributed by atoms with Crippen molar-refractivity contribution in [1.82, 2.24) is 14.7 Å². The molecule has 0 bridgehead atoms. The van der Waals surface area contributed by atoms with Gasteiger partial charge in [-0.3, -0.25) is 9.48 Å². The minimum atomic E-state index is -4.42. The van der Waals surface area contributed by atoms with Crippen molar-refractivity contribution in [3.05, 3.63) is 18.0 Å². The van der Waals surface area contributed by atoms with Crippen LogP contribution in [0.2, 0.25) is 0 Å². The van der Waals surface area contributed by atoms with Crippen molar-refractivity contribution >= 4 is 5.91 Å². The normalized spacial score (nSPS) is 18.5. The van der Waals surface area contributed by atoms with Crippen LogP contribution in [0.15, 0.2) is 12.3 Å². The highest BCUT2D eigenvalue weighted by atomic mass is 19.4. The number of aromatic nitrogens is 2. The first-order chi connectivity index (χ1) is 10.3. The zero-order chi connectivity index (χ0) is 16.3. The van der Waals surface area contributed by atoms with Gasteiger partial charge in [-0.05, 0) is 18.9 Å². The molecule has 22 heavy (non-hydrogen) atoms. The molecule has 1 saturated heterocycles. The van der Waals surface area contributed by atoms with E-state index in [2.05, 4.69) is 5.10 Å². The molecule has 2 heterocycles. The van der Waals surface area contributed by atoms with E-state index in [4.69, 9.17) is 4.74 Å². The third kappa shape index (κ3) is 3.79. The van der Waals surface area contributed by atoms with Crippen LogP contribution in [0.1, 0.15) is 31.5 Å². The summed E-state index contributed by atoms with van der Waals surface area (Å²) in [5.41, 5.74) is -0.875. The fourth-order valence-corrected chi connectivity index (χ4v) is 2.68. The van der Waals surface area contributed by atoms with Crippen molar-refractivity contribution < 1.29 is 22.7 Å².